The summed E-state index contributed by atoms with van der Waals surface area (Å²) < 4.78 is 31.6. The minimum atomic E-state index is -3.49. The van der Waals surface area contributed by atoms with Crippen molar-refractivity contribution in [3.63, 3.8) is 0 Å². The molecule has 1 aliphatic carbocycles. The van der Waals surface area contributed by atoms with E-state index in [1.807, 2.05) is 19.1 Å². The maximum absolute atomic E-state index is 12.4. The van der Waals surface area contributed by atoms with Crippen LogP contribution in [-0.4, -0.2) is 30.9 Å². The molecule has 1 aliphatic rings. The minimum Gasteiger partial charge on any atom is -0.359 e. The second-order valence-electron chi connectivity index (χ2n) is 5.83. The predicted molar refractivity (Wildman–Crippen MR) is 91.5 cm³/mol. The van der Waals surface area contributed by atoms with Gasteiger partial charge in [-0.05, 0) is 43.9 Å². The summed E-state index contributed by atoms with van der Waals surface area (Å²) in [5, 5.41) is 3.86. The van der Waals surface area contributed by atoms with Gasteiger partial charge in [-0.25, -0.2) is 18.1 Å². The first-order chi connectivity index (χ1) is 11.0. The quantitative estimate of drug-likeness (QED) is 0.748. The molecule has 0 atom stereocenters. The van der Waals surface area contributed by atoms with Gasteiger partial charge in [0.25, 0.3) is 0 Å². The Hall–Kier alpha value is -1.51. The lowest BCUT2D eigenvalue weighted by Crippen LogP contribution is -2.29. The van der Waals surface area contributed by atoms with Crippen molar-refractivity contribution in [3.05, 3.63) is 35.2 Å². The van der Waals surface area contributed by atoms with Gasteiger partial charge in [-0.3, -0.25) is 0 Å². The number of aromatic nitrogens is 2. The van der Waals surface area contributed by atoms with Gasteiger partial charge in [-0.15, -0.1) is 0 Å². The van der Waals surface area contributed by atoms with Crippen LogP contribution in [-0.2, 0) is 10.0 Å². The number of aryl methyl sites for hydroxylation is 2. The average molecular weight is 352 g/mol. The summed E-state index contributed by atoms with van der Waals surface area (Å²) in [6.07, 6.45) is 2.34. The van der Waals surface area contributed by atoms with Gasteiger partial charge in [-0.2, -0.15) is 4.37 Å². The Labute approximate surface area is 140 Å². The zero-order valence-corrected chi connectivity index (χ0v) is 14.8. The fraction of sp³-hybridized carbons (Fsp3) is 0.467. The third-order valence-electron chi connectivity index (χ3n) is 3.71. The van der Waals surface area contributed by atoms with E-state index in [4.69, 9.17) is 0 Å². The summed E-state index contributed by atoms with van der Waals surface area (Å²) >= 11 is 1.33. The second kappa shape index (κ2) is 6.54. The Morgan fingerprint density at radius 3 is 2.78 bits per heavy atom. The molecular formula is C15H20N4O2S2. The predicted octanol–water partition coefficient (Wildman–Crippen LogP) is 2.42. The molecule has 0 unspecified atom stereocenters. The number of sulfonamides is 1. The van der Waals surface area contributed by atoms with Crippen LogP contribution < -0.4 is 10.0 Å². The van der Waals surface area contributed by atoms with Crippen LogP contribution in [0.4, 0.5) is 5.13 Å². The molecule has 1 saturated carbocycles. The van der Waals surface area contributed by atoms with Crippen LogP contribution in [0, 0.1) is 13.8 Å². The third kappa shape index (κ3) is 4.07. The maximum Gasteiger partial charge on any atom is 0.240 e. The molecule has 0 spiro atoms. The summed E-state index contributed by atoms with van der Waals surface area (Å²) in [6.45, 7) is 4.46. The van der Waals surface area contributed by atoms with Gasteiger partial charge in [0.1, 0.15) is 5.82 Å². The zero-order chi connectivity index (χ0) is 16.4. The molecule has 1 aromatic heterocycles. The van der Waals surface area contributed by atoms with Gasteiger partial charge in [0.15, 0.2) is 0 Å². The highest BCUT2D eigenvalue weighted by Gasteiger charge is 2.27. The molecule has 2 N–H and O–H groups in total. The number of hydrogen-bond donors (Lipinski definition) is 2. The van der Waals surface area contributed by atoms with Crippen molar-refractivity contribution in [1.82, 2.24) is 14.1 Å². The number of anilines is 1. The van der Waals surface area contributed by atoms with Gasteiger partial charge in [-0.1, -0.05) is 12.1 Å². The molecule has 2 aromatic rings. The van der Waals surface area contributed by atoms with Gasteiger partial charge < -0.3 is 5.32 Å². The Morgan fingerprint density at radius 2 is 2.04 bits per heavy atom. The van der Waals surface area contributed by atoms with Crippen molar-refractivity contribution in [1.29, 1.82) is 0 Å². The number of nitrogens with zero attached hydrogens (tertiary/aromatic N) is 2. The molecule has 3 rings (SSSR count). The van der Waals surface area contributed by atoms with E-state index in [9.17, 15) is 8.42 Å². The lowest BCUT2D eigenvalue weighted by atomic mass is 10.2. The van der Waals surface area contributed by atoms with Crippen molar-refractivity contribution in [2.45, 2.75) is 37.5 Å². The lowest BCUT2D eigenvalue weighted by Gasteiger charge is -2.10. The highest BCUT2D eigenvalue weighted by Crippen LogP contribution is 2.39. The minimum absolute atomic E-state index is 0.300. The van der Waals surface area contributed by atoms with E-state index in [0.29, 0.717) is 23.9 Å². The van der Waals surface area contributed by atoms with Crippen LogP contribution in [0.3, 0.4) is 0 Å². The Balaban J connectivity index is 1.53. The van der Waals surface area contributed by atoms with Crippen LogP contribution in [0.5, 0.6) is 0 Å². The van der Waals surface area contributed by atoms with E-state index >= 15 is 0 Å². The van der Waals surface area contributed by atoms with E-state index in [2.05, 4.69) is 19.4 Å². The molecule has 1 fully saturated rings. The molecule has 0 amide bonds. The summed E-state index contributed by atoms with van der Waals surface area (Å²) in [5.41, 5.74) is 1.67. The summed E-state index contributed by atoms with van der Waals surface area (Å²) in [4.78, 5) is 4.75. The smallest absolute Gasteiger partial charge is 0.240 e. The molecule has 6 nitrogen and oxygen atoms in total. The number of benzene rings is 1. The number of nitrogens with one attached hydrogen (secondary N) is 2. The molecule has 0 saturated heterocycles. The van der Waals surface area contributed by atoms with E-state index in [-0.39, 0.29) is 0 Å². The number of hydrogen-bond acceptors (Lipinski definition) is 6. The molecular weight excluding hydrogens is 332 g/mol. The van der Waals surface area contributed by atoms with Crippen molar-refractivity contribution >= 4 is 26.7 Å². The van der Waals surface area contributed by atoms with Gasteiger partial charge in [0.05, 0.1) is 4.90 Å². The third-order valence-corrected chi connectivity index (χ3v) is 6.00. The molecule has 0 aliphatic heterocycles. The summed E-state index contributed by atoms with van der Waals surface area (Å²) in [6, 6.07) is 5.42. The Kier molecular flexibility index (Phi) is 4.65. The van der Waals surface area contributed by atoms with Crippen molar-refractivity contribution in [2.75, 3.05) is 18.4 Å². The van der Waals surface area contributed by atoms with Crippen LogP contribution in [0.2, 0.25) is 0 Å². The topological polar surface area (TPSA) is 84.0 Å². The highest BCUT2D eigenvalue weighted by atomic mass is 32.2. The fourth-order valence-electron chi connectivity index (χ4n) is 2.24. The first-order valence-corrected chi connectivity index (χ1v) is 9.86. The van der Waals surface area contributed by atoms with Crippen molar-refractivity contribution < 1.29 is 8.42 Å². The zero-order valence-electron chi connectivity index (χ0n) is 13.2. The average Bonchev–Trinajstić information content (AvgIpc) is 3.25. The van der Waals surface area contributed by atoms with Crippen LogP contribution in [0.25, 0.3) is 0 Å². The lowest BCUT2D eigenvalue weighted by molar-refractivity contribution is 0.582. The van der Waals surface area contributed by atoms with Crippen molar-refractivity contribution in [3.8, 4) is 0 Å². The highest BCUT2D eigenvalue weighted by molar-refractivity contribution is 7.89. The normalized spacial score (nSPS) is 14.9. The summed E-state index contributed by atoms with van der Waals surface area (Å²) in [5.74, 6) is 1.44. The first-order valence-electron chi connectivity index (χ1n) is 7.60. The van der Waals surface area contributed by atoms with E-state index in [1.54, 1.807) is 13.0 Å². The molecule has 0 radical (unpaired) electrons. The standard InChI is InChI=1S/C15H20N4O2S2/c1-10-3-4-11(2)13(9-10)23(20,21)17-8-7-16-15-18-14(19-22-15)12-5-6-12/h3-4,9,12,17H,5-8H2,1-2H3,(H,16,18,19). The molecule has 124 valence electrons. The van der Waals surface area contributed by atoms with Gasteiger partial charge >= 0.3 is 0 Å². The SMILES string of the molecule is Cc1ccc(C)c(S(=O)(=O)NCCNc2nc(C3CC3)ns2)c1. The largest absolute Gasteiger partial charge is 0.359 e. The molecule has 23 heavy (non-hydrogen) atoms. The maximum atomic E-state index is 12.4. The Morgan fingerprint density at radius 1 is 1.26 bits per heavy atom. The van der Waals surface area contributed by atoms with Crippen molar-refractivity contribution in [2.24, 2.45) is 0 Å². The van der Waals surface area contributed by atoms with E-state index in [0.717, 1.165) is 22.1 Å². The van der Waals surface area contributed by atoms with Crippen LogP contribution in [0.1, 0.15) is 35.7 Å². The molecule has 1 aromatic carbocycles. The first kappa shape index (κ1) is 16.4. The van der Waals surface area contributed by atoms with E-state index < -0.39 is 10.0 Å². The monoisotopic (exact) mass is 352 g/mol. The molecule has 0 bridgehead atoms. The summed E-state index contributed by atoms with van der Waals surface area (Å²) in [7, 11) is -3.49. The van der Waals surface area contributed by atoms with Gasteiger partial charge in [0, 0.05) is 30.5 Å². The van der Waals surface area contributed by atoms with Crippen LogP contribution >= 0.6 is 11.5 Å². The molecule has 1 heterocycles. The molecule has 8 heteroatoms. The number of rotatable bonds is 7. The fourth-order valence-corrected chi connectivity index (χ4v) is 4.27. The Bertz CT molecular complexity index is 798. The van der Waals surface area contributed by atoms with Crippen LogP contribution in [0.15, 0.2) is 23.1 Å². The second-order valence-corrected chi connectivity index (χ2v) is 8.31. The van der Waals surface area contributed by atoms with Gasteiger partial charge in [0.2, 0.25) is 15.2 Å². The van der Waals surface area contributed by atoms with E-state index in [1.165, 1.54) is 24.4 Å².